The summed E-state index contributed by atoms with van der Waals surface area (Å²) in [5, 5.41) is 12.6. The number of thioether (sulfide) groups is 1. The van der Waals surface area contributed by atoms with Gasteiger partial charge in [0.2, 0.25) is 5.95 Å². The smallest absolute Gasteiger partial charge is 0.223 e. The van der Waals surface area contributed by atoms with Crippen LogP contribution in [0.25, 0.3) is 0 Å². The number of aromatic nitrogens is 2. The van der Waals surface area contributed by atoms with Crippen LogP contribution in [0.4, 0.5) is 5.95 Å². The van der Waals surface area contributed by atoms with E-state index in [0.717, 1.165) is 23.7 Å². The first-order valence-electron chi connectivity index (χ1n) is 4.67. The zero-order valence-corrected chi connectivity index (χ0v) is 9.05. The molecule has 14 heavy (non-hydrogen) atoms. The summed E-state index contributed by atoms with van der Waals surface area (Å²) in [5.74, 6) is 1.56. The van der Waals surface area contributed by atoms with Gasteiger partial charge in [0.1, 0.15) is 5.03 Å². The van der Waals surface area contributed by atoms with E-state index >= 15 is 0 Å². The lowest BCUT2D eigenvalue weighted by Gasteiger charge is -2.03. The van der Waals surface area contributed by atoms with Crippen LogP contribution in [0.1, 0.15) is 13.3 Å². The second kappa shape index (κ2) is 6.62. The Labute approximate surface area is 88.2 Å². The number of nitrogens with one attached hydrogen (secondary N) is 1. The van der Waals surface area contributed by atoms with E-state index in [-0.39, 0.29) is 6.61 Å². The van der Waals surface area contributed by atoms with Crippen LogP contribution in [0.15, 0.2) is 17.3 Å². The maximum atomic E-state index is 8.62. The van der Waals surface area contributed by atoms with Gasteiger partial charge in [0.05, 0.1) is 0 Å². The van der Waals surface area contributed by atoms with Gasteiger partial charge in [-0.05, 0) is 19.4 Å². The Kier molecular flexibility index (Phi) is 5.32. The van der Waals surface area contributed by atoms with Crippen molar-refractivity contribution in [1.29, 1.82) is 0 Å². The summed E-state index contributed by atoms with van der Waals surface area (Å²) in [5.41, 5.74) is 0. The third-order valence-corrected chi connectivity index (χ3v) is 2.53. The Hall–Kier alpha value is -0.810. The minimum Gasteiger partial charge on any atom is -0.396 e. The first-order chi connectivity index (χ1) is 6.86. The highest BCUT2D eigenvalue weighted by Gasteiger charge is 1.98. The Morgan fingerprint density at radius 3 is 3.14 bits per heavy atom. The van der Waals surface area contributed by atoms with Crippen LogP contribution < -0.4 is 5.32 Å². The molecule has 0 saturated carbocycles. The minimum absolute atomic E-state index is 0.234. The van der Waals surface area contributed by atoms with Crippen molar-refractivity contribution in [3.8, 4) is 0 Å². The molecule has 1 aromatic heterocycles. The number of anilines is 1. The molecule has 0 fully saturated rings. The normalized spacial score (nSPS) is 10.1. The Morgan fingerprint density at radius 2 is 2.43 bits per heavy atom. The SMILES string of the molecule is CCNc1nccc(SCCCO)n1. The molecule has 78 valence electrons. The van der Waals surface area contributed by atoms with Crippen molar-refractivity contribution in [1.82, 2.24) is 9.97 Å². The van der Waals surface area contributed by atoms with Crippen molar-refractivity contribution >= 4 is 17.7 Å². The highest BCUT2D eigenvalue weighted by molar-refractivity contribution is 7.99. The van der Waals surface area contributed by atoms with Crippen molar-refractivity contribution in [2.75, 3.05) is 24.2 Å². The van der Waals surface area contributed by atoms with Crippen molar-refractivity contribution in [2.45, 2.75) is 18.4 Å². The number of nitrogens with zero attached hydrogens (tertiary/aromatic N) is 2. The maximum Gasteiger partial charge on any atom is 0.223 e. The van der Waals surface area contributed by atoms with Gasteiger partial charge in [0, 0.05) is 25.1 Å². The molecule has 0 saturated heterocycles. The summed E-state index contributed by atoms with van der Waals surface area (Å²) in [7, 11) is 0. The van der Waals surface area contributed by atoms with Crippen LogP contribution in [-0.2, 0) is 0 Å². The second-order valence-corrected chi connectivity index (χ2v) is 3.79. The van der Waals surface area contributed by atoms with Gasteiger partial charge in [-0.25, -0.2) is 9.97 Å². The number of hydrogen-bond donors (Lipinski definition) is 2. The largest absolute Gasteiger partial charge is 0.396 e. The minimum atomic E-state index is 0.234. The molecule has 0 unspecified atom stereocenters. The van der Waals surface area contributed by atoms with Gasteiger partial charge in [-0.15, -0.1) is 11.8 Å². The van der Waals surface area contributed by atoms with Gasteiger partial charge in [0.15, 0.2) is 0 Å². The first kappa shape index (κ1) is 11.3. The molecule has 0 amide bonds. The zero-order chi connectivity index (χ0) is 10.2. The fourth-order valence-electron chi connectivity index (χ4n) is 0.907. The van der Waals surface area contributed by atoms with Crippen LogP contribution >= 0.6 is 11.8 Å². The number of hydrogen-bond acceptors (Lipinski definition) is 5. The van der Waals surface area contributed by atoms with E-state index in [1.165, 1.54) is 0 Å². The lowest BCUT2D eigenvalue weighted by atomic mass is 10.5. The van der Waals surface area contributed by atoms with Crippen LogP contribution in [0.3, 0.4) is 0 Å². The van der Waals surface area contributed by atoms with Crippen molar-refractivity contribution < 1.29 is 5.11 Å². The van der Waals surface area contributed by atoms with Gasteiger partial charge in [-0.2, -0.15) is 0 Å². The summed E-state index contributed by atoms with van der Waals surface area (Å²) >= 11 is 1.63. The molecular formula is C9H15N3OS. The molecule has 0 radical (unpaired) electrons. The van der Waals surface area contributed by atoms with Crippen LogP contribution in [-0.4, -0.2) is 34.0 Å². The molecule has 5 heteroatoms. The molecular weight excluding hydrogens is 198 g/mol. The Morgan fingerprint density at radius 1 is 1.57 bits per heavy atom. The maximum absolute atomic E-state index is 8.62. The van der Waals surface area contributed by atoms with Gasteiger partial charge in [-0.3, -0.25) is 0 Å². The third kappa shape index (κ3) is 3.93. The van der Waals surface area contributed by atoms with Crippen LogP contribution in [0.5, 0.6) is 0 Å². The molecule has 1 rings (SSSR count). The molecule has 1 heterocycles. The zero-order valence-electron chi connectivity index (χ0n) is 8.23. The van der Waals surface area contributed by atoms with Gasteiger partial charge in [-0.1, -0.05) is 0 Å². The molecule has 4 nitrogen and oxygen atoms in total. The monoisotopic (exact) mass is 213 g/mol. The summed E-state index contributed by atoms with van der Waals surface area (Å²) in [6.07, 6.45) is 2.54. The number of aliphatic hydroxyl groups is 1. The van der Waals surface area contributed by atoms with Gasteiger partial charge < -0.3 is 10.4 Å². The summed E-state index contributed by atoms with van der Waals surface area (Å²) in [4.78, 5) is 8.37. The van der Waals surface area contributed by atoms with Gasteiger partial charge in [0.25, 0.3) is 0 Å². The number of rotatable bonds is 6. The van der Waals surface area contributed by atoms with E-state index in [1.807, 2.05) is 13.0 Å². The standard InChI is InChI=1S/C9H15N3OS/c1-2-10-9-11-5-4-8(12-9)14-7-3-6-13/h4-5,13H,2-3,6-7H2,1H3,(H,10,11,12). The predicted octanol–water partition coefficient (Wildman–Crippen LogP) is 1.38. The average Bonchev–Trinajstić information content (AvgIpc) is 2.19. The molecule has 0 atom stereocenters. The van der Waals surface area contributed by atoms with E-state index in [0.29, 0.717) is 5.95 Å². The molecule has 0 aliphatic carbocycles. The van der Waals surface area contributed by atoms with E-state index in [9.17, 15) is 0 Å². The summed E-state index contributed by atoms with van der Waals surface area (Å²) in [6, 6.07) is 1.88. The van der Waals surface area contributed by atoms with E-state index in [2.05, 4.69) is 15.3 Å². The summed E-state index contributed by atoms with van der Waals surface area (Å²) in [6.45, 7) is 3.07. The van der Waals surface area contributed by atoms with Gasteiger partial charge >= 0.3 is 0 Å². The summed E-state index contributed by atoms with van der Waals surface area (Å²) < 4.78 is 0. The molecule has 2 N–H and O–H groups in total. The Balaban J connectivity index is 2.46. The third-order valence-electron chi connectivity index (χ3n) is 1.52. The molecule has 0 aliphatic heterocycles. The van der Waals surface area contributed by atoms with Crippen LogP contribution in [0, 0.1) is 0 Å². The average molecular weight is 213 g/mol. The van der Waals surface area contributed by atoms with E-state index in [4.69, 9.17) is 5.11 Å². The molecule has 0 aromatic carbocycles. The molecule has 0 spiro atoms. The van der Waals surface area contributed by atoms with Crippen molar-refractivity contribution in [2.24, 2.45) is 0 Å². The molecule has 0 bridgehead atoms. The fourth-order valence-corrected chi connectivity index (χ4v) is 1.70. The lowest BCUT2D eigenvalue weighted by molar-refractivity contribution is 0.296. The Bertz CT molecular complexity index is 270. The second-order valence-electron chi connectivity index (χ2n) is 2.67. The molecule has 0 aliphatic rings. The van der Waals surface area contributed by atoms with Crippen LogP contribution in [0.2, 0.25) is 0 Å². The highest BCUT2D eigenvalue weighted by atomic mass is 32.2. The molecule has 1 aromatic rings. The van der Waals surface area contributed by atoms with Crippen molar-refractivity contribution in [3.05, 3.63) is 12.3 Å². The topological polar surface area (TPSA) is 58.0 Å². The van der Waals surface area contributed by atoms with Crippen molar-refractivity contribution in [3.63, 3.8) is 0 Å². The number of aliphatic hydroxyl groups excluding tert-OH is 1. The quantitative estimate of drug-likeness (QED) is 0.425. The van der Waals surface area contributed by atoms with E-state index in [1.54, 1.807) is 18.0 Å². The first-order valence-corrected chi connectivity index (χ1v) is 5.66. The van der Waals surface area contributed by atoms with E-state index < -0.39 is 0 Å². The lowest BCUT2D eigenvalue weighted by Crippen LogP contribution is -2.01. The fraction of sp³-hybridized carbons (Fsp3) is 0.556. The highest BCUT2D eigenvalue weighted by Crippen LogP contribution is 2.16. The predicted molar refractivity (Wildman–Crippen MR) is 58.6 cm³/mol.